The molecule has 0 spiro atoms. The van der Waals surface area contributed by atoms with Gasteiger partial charge in [0.25, 0.3) is 0 Å². The summed E-state index contributed by atoms with van der Waals surface area (Å²) in [5.74, 6) is -0.239. The molecule has 34 heavy (non-hydrogen) atoms. The molecule has 1 aliphatic heterocycles. The third-order valence-electron chi connectivity index (χ3n) is 6.11. The first-order valence-electron chi connectivity index (χ1n) is 11.1. The van der Waals surface area contributed by atoms with E-state index in [2.05, 4.69) is 25.3 Å². The number of nitrogens with zero attached hydrogens (tertiary/aromatic N) is 6. The first kappa shape index (κ1) is 22.1. The van der Waals surface area contributed by atoms with Gasteiger partial charge >= 0.3 is 0 Å². The summed E-state index contributed by atoms with van der Waals surface area (Å²) in [6.07, 6.45) is 0. The summed E-state index contributed by atoms with van der Waals surface area (Å²) >= 11 is 0. The fourth-order valence-electron chi connectivity index (χ4n) is 4.34. The maximum absolute atomic E-state index is 13.7. The van der Waals surface area contributed by atoms with Crippen molar-refractivity contribution in [3.8, 4) is 0 Å². The summed E-state index contributed by atoms with van der Waals surface area (Å²) in [6, 6.07) is 18.8. The van der Waals surface area contributed by atoms with Crippen molar-refractivity contribution in [2.24, 2.45) is 0 Å². The van der Waals surface area contributed by atoms with E-state index in [0.29, 0.717) is 25.5 Å². The van der Waals surface area contributed by atoms with Crippen LogP contribution >= 0.6 is 0 Å². The lowest BCUT2D eigenvalue weighted by Gasteiger charge is -2.40. The van der Waals surface area contributed by atoms with Crippen LogP contribution in [0.3, 0.4) is 0 Å². The van der Waals surface area contributed by atoms with Crippen LogP contribution in [0.15, 0.2) is 72.8 Å². The minimum absolute atomic E-state index is 0.258. The molecule has 174 valence electrons. The van der Waals surface area contributed by atoms with Crippen molar-refractivity contribution in [1.82, 2.24) is 25.1 Å². The maximum atomic E-state index is 13.7. The van der Waals surface area contributed by atoms with Gasteiger partial charge in [-0.3, -0.25) is 4.90 Å². The minimum atomic E-state index is -0.311. The van der Waals surface area contributed by atoms with Crippen molar-refractivity contribution in [1.29, 1.82) is 0 Å². The fourth-order valence-corrected chi connectivity index (χ4v) is 4.34. The van der Waals surface area contributed by atoms with E-state index in [9.17, 15) is 13.2 Å². The van der Waals surface area contributed by atoms with Gasteiger partial charge in [0.1, 0.15) is 17.5 Å². The van der Waals surface area contributed by atoms with E-state index in [1.807, 2.05) is 0 Å². The lowest BCUT2D eigenvalue weighted by Crippen LogP contribution is -2.48. The highest BCUT2D eigenvalue weighted by Crippen LogP contribution is 2.29. The lowest BCUT2D eigenvalue weighted by molar-refractivity contribution is 0.201. The number of benzene rings is 3. The van der Waals surface area contributed by atoms with Crippen LogP contribution in [-0.2, 0) is 6.54 Å². The topological polar surface area (TPSA) is 50.1 Å². The Morgan fingerprint density at radius 3 is 1.88 bits per heavy atom. The second-order valence-corrected chi connectivity index (χ2v) is 8.27. The van der Waals surface area contributed by atoms with Crippen molar-refractivity contribution in [2.45, 2.75) is 12.6 Å². The second-order valence-electron chi connectivity index (χ2n) is 8.27. The average molecular weight is 464 g/mol. The van der Waals surface area contributed by atoms with Crippen molar-refractivity contribution in [3.05, 3.63) is 107 Å². The van der Waals surface area contributed by atoms with E-state index in [1.54, 1.807) is 41.1 Å². The zero-order valence-electron chi connectivity index (χ0n) is 18.4. The highest BCUT2D eigenvalue weighted by atomic mass is 19.1. The average Bonchev–Trinajstić information content (AvgIpc) is 3.30. The van der Waals surface area contributed by atoms with Gasteiger partial charge in [0.15, 0.2) is 5.82 Å². The van der Waals surface area contributed by atoms with Crippen LogP contribution in [0.25, 0.3) is 0 Å². The van der Waals surface area contributed by atoms with Gasteiger partial charge in [0, 0.05) is 31.9 Å². The third-order valence-corrected chi connectivity index (χ3v) is 6.11. The van der Waals surface area contributed by atoms with Gasteiger partial charge in [-0.05, 0) is 70.1 Å². The summed E-state index contributed by atoms with van der Waals surface area (Å²) in [6.45, 7) is 3.28. The largest absolute Gasteiger partial charge is 0.369 e. The summed E-state index contributed by atoms with van der Waals surface area (Å²) in [7, 11) is 0. The predicted octanol–water partition coefficient (Wildman–Crippen LogP) is 4.05. The van der Waals surface area contributed by atoms with E-state index in [1.165, 1.54) is 36.4 Å². The molecule has 0 aliphatic carbocycles. The van der Waals surface area contributed by atoms with Crippen molar-refractivity contribution < 1.29 is 13.2 Å². The standard InChI is InChI=1S/C25H23F3N6/c26-20-5-1-18(2-6-20)17-34-25(29-30-31-34)24(19-3-7-21(27)8-4-19)33-15-13-32(14-16-33)23-11-9-22(28)10-12-23/h1-12,24H,13-17H2/t24-/m0/s1. The Hall–Kier alpha value is -3.72. The van der Waals surface area contributed by atoms with Crippen LogP contribution in [0.1, 0.15) is 23.0 Å². The Morgan fingerprint density at radius 2 is 1.26 bits per heavy atom. The molecule has 2 heterocycles. The maximum Gasteiger partial charge on any atom is 0.173 e. The van der Waals surface area contributed by atoms with Gasteiger partial charge < -0.3 is 4.90 Å². The quantitative estimate of drug-likeness (QED) is 0.431. The first-order chi connectivity index (χ1) is 16.6. The smallest absolute Gasteiger partial charge is 0.173 e. The minimum Gasteiger partial charge on any atom is -0.369 e. The molecule has 1 fully saturated rings. The van der Waals surface area contributed by atoms with Gasteiger partial charge in [0.05, 0.1) is 12.6 Å². The molecule has 0 amide bonds. The number of piperazine rings is 1. The molecule has 0 unspecified atom stereocenters. The SMILES string of the molecule is Fc1ccc(Cn2nnnc2[C@H](c2ccc(F)cc2)N2CCN(c3ccc(F)cc3)CC2)cc1. The molecule has 1 saturated heterocycles. The molecule has 0 bridgehead atoms. The Morgan fingerprint density at radius 1 is 0.706 bits per heavy atom. The summed E-state index contributed by atoms with van der Waals surface area (Å²) in [5.41, 5.74) is 2.72. The Bertz CT molecular complexity index is 1220. The van der Waals surface area contributed by atoms with Gasteiger partial charge in [-0.25, -0.2) is 17.9 Å². The zero-order valence-corrected chi connectivity index (χ0v) is 18.4. The van der Waals surface area contributed by atoms with Crippen LogP contribution in [0.2, 0.25) is 0 Å². The molecule has 0 radical (unpaired) electrons. The van der Waals surface area contributed by atoms with Crippen molar-refractivity contribution in [3.63, 3.8) is 0 Å². The van der Waals surface area contributed by atoms with E-state index < -0.39 is 0 Å². The van der Waals surface area contributed by atoms with Gasteiger partial charge in [-0.2, -0.15) is 0 Å². The van der Waals surface area contributed by atoms with Crippen LogP contribution in [0, 0.1) is 17.5 Å². The molecule has 3 aromatic carbocycles. The molecular formula is C25H23F3N6. The van der Waals surface area contributed by atoms with Crippen LogP contribution in [-0.4, -0.2) is 51.3 Å². The number of anilines is 1. The van der Waals surface area contributed by atoms with E-state index in [0.717, 1.165) is 29.9 Å². The zero-order chi connectivity index (χ0) is 23.5. The number of aromatic nitrogens is 4. The summed E-state index contributed by atoms with van der Waals surface area (Å²) in [4.78, 5) is 4.47. The second kappa shape index (κ2) is 9.64. The molecule has 6 nitrogen and oxygen atoms in total. The van der Waals surface area contributed by atoms with Crippen LogP contribution in [0.5, 0.6) is 0 Å². The van der Waals surface area contributed by atoms with Crippen molar-refractivity contribution >= 4 is 5.69 Å². The number of rotatable bonds is 6. The highest BCUT2D eigenvalue weighted by Gasteiger charge is 2.30. The normalized spacial score (nSPS) is 15.4. The van der Waals surface area contributed by atoms with Crippen LogP contribution < -0.4 is 4.90 Å². The van der Waals surface area contributed by atoms with Crippen LogP contribution in [0.4, 0.5) is 18.9 Å². The molecule has 4 aromatic rings. The lowest BCUT2D eigenvalue weighted by atomic mass is 10.0. The number of halogens is 3. The Labute approximate surface area is 195 Å². The predicted molar refractivity (Wildman–Crippen MR) is 122 cm³/mol. The van der Waals surface area contributed by atoms with Crippen molar-refractivity contribution in [2.75, 3.05) is 31.1 Å². The molecule has 5 rings (SSSR count). The van der Waals surface area contributed by atoms with Gasteiger partial charge in [-0.15, -0.1) is 5.10 Å². The molecule has 0 saturated carbocycles. The number of tetrazole rings is 1. The molecule has 1 aliphatic rings. The molecule has 1 atom stereocenters. The molecule has 0 N–H and O–H groups in total. The summed E-state index contributed by atoms with van der Waals surface area (Å²) < 4.78 is 42.0. The number of hydrogen-bond acceptors (Lipinski definition) is 5. The Kier molecular flexibility index (Phi) is 6.27. The van der Waals surface area contributed by atoms with E-state index in [-0.39, 0.29) is 23.5 Å². The van der Waals surface area contributed by atoms with Gasteiger partial charge in [0.2, 0.25) is 0 Å². The molecular weight excluding hydrogens is 441 g/mol. The first-order valence-corrected chi connectivity index (χ1v) is 11.1. The highest BCUT2D eigenvalue weighted by molar-refractivity contribution is 5.46. The summed E-state index contributed by atoms with van der Waals surface area (Å²) in [5, 5.41) is 12.4. The molecule has 1 aromatic heterocycles. The van der Waals surface area contributed by atoms with Gasteiger partial charge in [-0.1, -0.05) is 24.3 Å². The molecule has 9 heteroatoms. The third kappa shape index (κ3) is 4.79. The Balaban J connectivity index is 1.41. The van der Waals surface area contributed by atoms with E-state index >= 15 is 0 Å². The monoisotopic (exact) mass is 464 g/mol. The van der Waals surface area contributed by atoms with E-state index in [4.69, 9.17) is 0 Å². The fraction of sp³-hybridized carbons (Fsp3) is 0.240. The number of hydrogen-bond donors (Lipinski definition) is 0.